The molecule has 0 saturated heterocycles. The van der Waals surface area contributed by atoms with Gasteiger partial charge in [0.05, 0.1) is 0 Å². The summed E-state index contributed by atoms with van der Waals surface area (Å²) in [5.74, 6) is 5.90. The van der Waals surface area contributed by atoms with Crippen molar-refractivity contribution >= 4 is 0 Å². The van der Waals surface area contributed by atoms with Crippen LogP contribution in [0.4, 0.5) is 0 Å². The van der Waals surface area contributed by atoms with Crippen LogP contribution in [0.15, 0.2) is 49.1 Å². The average molecular weight is 252 g/mol. The number of aliphatic hydroxyl groups is 1. The molecule has 0 aliphatic heterocycles. The van der Waals surface area contributed by atoms with Crippen LogP contribution < -0.4 is 0 Å². The Morgan fingerprint density at radius 3 is 2.32 bits per heavy atom. The van der Waals surface area contributed by atoms with E-state index in [0.29, 0.717) is 5.56 Å². The summed E-state index contributed by atoms with van der Waals surface area (Å²) in [4.78, 5) is 7.90. The predicted molar refractivity (Wildman–Crippen MR) is 74.1 cm³/mol. The lowest BCUT2D eigenvalue weighted by molar-refractivity contribution is 0.0496. The third kappa shape index (κ3) is 2.98. The largest absolute Gasteiger partial charge is 0.373 e. The van der Waals surface area contributed by atoms with Gasteiger partial charge in [0.1, 0.15) is 6.33 Å². The molecular formula is C16H16N2O. The van der Waals surface area contributed by atoms with Crippen LogP contribution in [-0.2, 0) is 5.60 Å². The highest BCUT2D eigenvalue weighted by atomic mass is 16.3. The summed E-state index contributed by atoms with van der Waals surface area (Å²) in [6.07, 6.45) is 4.65. The van der Waals surface area contributed by atoms with Crippen molar-refractivity contribution in [2.45, 2.75) is 19.4 Å². The van der Waals surface area contributed by atoms with E-state index in [-0.39, 0.29) is 5.92 Å². The van der Waals surface area contributed by atoms with Gasteiger partial charge in [-0.3, -0.25) is 0 Å². The van der Waals surface area contributed by atoms with Crippen LogP contribution in [0.1, 0.15) is 25.0 Å². The second-order valence-electron chi connectivity index (χ2n) is 4.66. The summed E-state index contributed by atoms with van der Waals surface area (Å²) in [5, 5.41) is 10.8. The van der Waals surface area contributed by atoms with Gasteiger partial charge in [0.2, 0.25) is 0 Å². The monoisotopic (exact) mass is 252 g/mol. The normalized spacial score (nSPS) is 13.5. The van der Waals surface area contributed by atoms with Crippen LogP contribution in [0.5, 0.6) is 0 Å². The van der Waals surface area contributed by atoms with Crippen LogP contribution in [-0.4, -0.2) is 15.1 Å². The Morgan fingerprint density at radius 1 is 1.11 bits per heavy atom. The molecule has 0 aliphatic rings. The van der Waals surface area contributed by atoms with E-state index in [2.05, 4.69) is 21.8 Å². The zero-order chi connectivity index (χ0) is 13.7. The van der Waals surface area contributed by atoms with Crippen molar-refractivity contribution in [2.75, 3.05) is 0 Å². The van der Waals surface area contributed by atoms with E-state index in [4.69, 9.17) is 0 Å². The number of hydrogen-bond donors (Lipinski definition) is 1. The van der Waals surface area contributed by atoms with Crippen molar-refractivity contribution in [3.05, 3.63) is 60.2 Å². The molecule has 19 heavy (non-hydrogen) atoms. The number of nitrogens with zero attached hydrogens (tertiary/aromatic N) is 2. The van der Waals surface area contributed by atoms with Gasteiger partial charge in [0, 0.05) is 23.5 Å². The van der Waals surface area contributed by atoms with Crippen molar-refractivity contribution in [3.8, 4) is 11.8 Å². The number of rotatable bonds is 2. The number of hydrogen-bond acceptors (Lipinski definition) is 3. The average Bonchev–Trinajstić information content (AvgIpc) is 2.46. The van der Waals surface area contributed by atoms with E-state index in [0.717, 1.165) is 5.56 Å². The highest BCUT2D eigenvalue weighted by Crippen LogP contribution is 2.27. The van der Waals surface area contributed by atoms with Crippen LogP contribution >= 0.6 is 0 Å². The Morgan fingerprint density at radius 2 is 1.74 bits per heavy atom. The summed E-state index contributed by atoms with van der Waals surface area (Å²) < 4.78 is 0. The SMILES string of the molecule is CC(C)C(O)(C#Cc1ccccc1)c1cncnc1. The van der Waals surface area contributed by atoms with Crippen LogP contribution in [0, 0.1) is 17.8 Å². The molecule has 3 nitrogen and oxygen atoms in total. The fourth-order valence-electron chi connectivity index (χ4n) is 1.73. The van der Waals surface area contributed by atoms with Gasteiger partial charge < -0.3 is 5.11 Å². The molecule has 96 valence electrons. The lowest BCUT2D eigenvalue weighted by Crippen LogP contribution is -2.30. The molecule has 0 fully saturated rings. The van der Waals surface area contributed by atoms with Gasteiger partial charge in [-0.1, -0.05) is 43.9 Å². The molecule has 0 aliphatic carbocycles. The number of benzene rings is 1. The highest BCUT2D eigenvalue weighted by molar-refractivity contribution is 5.39. The molecule has 0 amide bonds. The lowest BCUT2D eigenvalue weighted by atomic mass is 9.85. The molecule has 0 saturated carbocycles. The molecule has 2 aromatic rings. The van der Waals surface area contributed by atoms with Crippen LogP contribution in [0.3, 0.4) is 0 Å². The van der Waals surface area contributed by atoms with E-state index < -0.39 is 5.60 Å². The third-order valence-electron chi connectivity index (χ3n) is 3.01. The molecule has 1 unspecified atom stereocenters. The minimum absolute atomic E-state index is 0.0605. The first-order valence-corrected chi connectivity index (χ1v) is 6.19. The highest BCUT2D eigenvalue weighted by Gasteiger charge is 2.31. The van der Waals surface area contributed by atoms with Gasteiger partial charge >= 0.3 is 0 Å². The standard InChI is InChI=1S/C16H16N2O/c1-13(2)16(19,15-10-17-12-18-11-15)9-8-14-6-4-3-5-7-14/h3-7,10-13,19H,1-2H3. The Labute approximate surface area is 113 Å². The van der Waals surface area contributed by atoms with E-state index >= 15 is 0 Å². The second-order valence-corrected chi connectivity index (χ2v) is 4.66. The van der Waals surface area contributed by atoms with Gasteiger partial charge in [0.15, 0.2) is 5.60 Å². The maximum atomic E-state index is 10.8. The first kappa shape index (κ1) is 13.3. The fourth-order valence-corrected chi connectivity index (χ4v) is 1.73. The summed E-state index contributed by atoms with van der Waals surface area (Å²) in [5.41, 5.74) is 0.253. The van der Waals surface area contributed by atoms with E-state index in [9.17, 15) is 5.11 Å². The maximum Gasteiger partial charge on any atom is 0.156 e. The van der Waals surface area contributed by atoms with E-state index in [1.165, 1.54) is 6.33 Å². The molecule has 1 aromatic carbocycles. The Kier molecular flexibility index (Phi) is 3.94. The van der Waals surface area contributed by atoms with Gasteiger partial charge in [-0.25, -0.2) is 9.97 Å². The first-order chi connectivity index (χ1) is 9.13. The van der Waals surface area contributed by atoms with Crippen molar-refractivity contribution < 1.29 is 5.11 Å². The zero-order valence-corrected chi connectivity index (χ0v) is 11.0. The molecule has 1 heterocycles. The minimum Gasteiger partial charge on any atom is -0.373 e. The topological polar surface area (TPSA) is 46.0 Å². The summed E-state index contributed by atoms with van der Waals surface area (Å²) >= 11 is 0. The van der Waals surface area contributed by atoms with E-state index in [1.54, 1.807) is 12.4 Å². The summed E-state index contributed by atoms with van der Waals surface area (Å²) in [6.45, 7) is 3.85. The molecule has 0 bridgehead atoms. The molecule has 0 radical (unpaired) electrons. The van der Waals surface area contributed by atoms with Crippen LogP contribution in [0.2, 0.25) is 0 Å². The summed E-state index contributed by atoms with van der Waals surface area (Å²) in [7, 11) is 0. The third-order valence-corrected chi connectivity index (χ3v) is 3.01. The molecule has 1 N–H and O–H groups in total. The number of aromatic nitrogens is 2. The Balaban J connectivity index is 2.40. The van der Waals surface area contributed by atoms with Crippen molar-refractivity contribution in [2.24, 2.45) is 5.92 Å². The molecule has 1 aromatic heterocycles. The van der Waals surface area contributed by atoms with Gasteiger partial charge in [-0.15, -0.1) is 0 Å². The maximum absolute atomic E-state index is 10.8. The molecule has 0 spiro atoms. The predicted octanol–water partition coefficient (Wildman–Crippen LogP) is 2.37. The fraction of sp³-hybridized carbons (Fsp3) is 0.250. The van der Waals surface area contributed by atoms with Gasteiger partial charge in [-0.05, 0) is 18.1 Å². The Hall–Kier alpha value is -2.18. The second kappa shape index (κ2) is 5.64. The summed E-state index contributed by atoms with van der Waals surface area (Å²) in [6, 6.07) is 9.60. The minimum atomic E-state index is -1.24. The molecule has 3 heteroatoms. The van der Waals surface area contributed by atoms with Gasteiger partial charge in [0.25, 0.3) is 0 Å². The zero-order valence-electron chi connectivity index (χ0n) is 11.0. The molecule has 1 atom stereocenters. The first-order valence-electron chi connectivity index (χ1n) is 6.19. The van der Waals surface area contributed by atoms with Crippen molar-refractivity contribution in [3.63, 3.8) is 0 Å². The van der Waals surface area contributed by atoms with E-state index in [1.807, 2.05) is 44.2 Å². The lowest BCUT2D eigenvalue weighted by Gasteiger charge is -2.26. The van der Waals surface area contributed by atoms with Gasteiger partial charge in [-0.2, -0.15) is 0 Å². The van der Waals surface area contributed by atoms with Crippen molar-refractivity contribution in [1.29, 1.82) is 0 Å². The molecular weight excluding hydrogens is 236 g/mol. The Bertz CT molecular complexity index is 584. The van der Waals surface area contributed by atoms with Crippen molar-refractivity contribution in [1.82, 2.24) is 9.97 Å². The smallest absolute Gasteiger partial charge is 0.156 e. The quantitative estimate of drug-likeness (QED) is 0.835. The molecule has 2 rings (SSSR count). The van der Waals surface area contributed by atoms with Crippen LogP contribution in [0.25, 0.3) is 0 Å².